The van der Waals surface area contributed by atoms with Crippen LogP contribution in [0.5, 0.6) is 0 Å². The Hall–Kier alpha value is -2.69. The maximum absolute atomic E-state index is 12.1. The van der Waals surface area contributed by atoms with Crippen LogP contribution >= 0.6 is 0 Å². The largest absolute Gasteiger partial charge is 0.311 e. The minimum Gasteiger partial charge on any atom is -0.311 e. The molecule has 0 aromatic carbocycles. The Labute approximate surface area is 129 Å². The van der Waals surface area contributed by atoms with Crippen LogP contribution in [0.25, 0.3) is 5.65 Å². The number of aryl methyl sites for hydroxylation is 3. The number of hydrogen-bond acceptors (Lipinski definition) is 3. The van der Waals surface area contributed by atoms with Gasteiger partial charge in [-0.25, -0.2) is 9.97 Å². The molecule has 3 aromatic heterocycles. The highest BCUT2D eigenvalue weighted by Gasteiger charge is 2.10. The first-order valence-corrected chi connectivity index (χ1v) is 7.28. The van der Waals surface area contributed by atoms with E-state index in [9.17, 15) is 4.79 Å². The van der Waals surface area contributed by atoms with Crippen molar-refractivity contribution in [2.24, 2.45) is 0 Å². The quantitative estimate of drug-likeness (QED) is 0.805. The lowest BCUT2D eigenvalue weighted by Gasteiger charge is -2.06. The fourth-order valence-corrected chi connectivity index (χ4v) is 2.51. The van der Waals surface area contributed by atoms with Crippen molar-refractivity contribution in [3.05, 3.63) is 59.7 Å². The van der Waals surface area contributed by atoms with E-state index in [1.165, 1.54) is 0 Å². The highest BCUT2D eigenvalue weighted by atomic mass is 16.1. The Morgan fingerprint density at radius 3 is 2.95 bits per heavy atom. The van der Waals surface area contributed by atoms with Crippen molar-refractivity contribution in [3.8, 4) is 0 Å². The Morgan fingerprint density at radius 1 is 1.27 bits per heavy atom. The first-order chi connectivity index (χ1) is 10.6. The molecular weight excluding hydrogens is 276 g/mol. The number of hydrogen-bond donors (Lipinski definition) is 1. The summed E-state index contributed by atoms with van der Waals surface area (Å²) < 4.78 is 2.04. The molecule has 0 saturated heterocycles. The number of imidazole rings is 1. The van der Waals surface area contributed by atoms with Gasteiger partial charge in [0, 0.05) is 24.5 Å². The number of nitrogens with zero attached hydrogens (tertiary/aromatic N) is 3. The normalized spacial score (nSPS) is 10.8. The summed E-state index contributed by atoms with van der Waals surface area (Å²) in [7, 11) is 0. The van der Waals surface area contributed by atoms with Crippen molar-refractivity contribution in [3.63, 3.8) is 0 Å². The van der Waals surface area contributed by atoms with E-state index >= 15 is 0 Å². The van der Waals surface area contributed by atoms with Gasteiger partial charge in [-0.05, 0) is 50.1 Å². The molecule has 3 heterocycles. The van der Waals surface area contributed by atoms with Gasteiger partial charge in [0.25, 0.3) is 0 Å². The number of carbonyl (C=O) groups is 1. The molecule has 112 valence electrons. The summed E-state index contributed by atoms with van der Waals surface area (Å²) in [6.07, 6.45) is 4.72. The lowest BCUT2D eigenvalue weighted by Crippen LogP contribution is -2.14. The van der Waals surface area contributed by atoms with Gasteiger partial charge in [-0.1, -0.05) is 6.07 Å². The second-order valence-corrected chi connectivity index (χ2v) is 5.34. The summed E-state index contributed by atoms with van der Waals surface area (Å²) in [5, 5.41) is 2.83. The molecule has 0 fully saturated rings. The van der Waals surface area contributed by atoms with E-state index in [4.69, 9.17) is 0 Å². The molecule has 3 rings (SSSR count). The molecule has 0 atom stereocenters. The van der Waals surface area contributed by atoms with Crippen molar-refractivity contribution in [2.45, 2.75) is 26.7 Å². The van der Waals surface area contributed by atoms with E-state index in [-0.39, 0.29) is 5.91 Å². The number of amides is 1. The van der Waals surface area contributed by atoms with Crippen LogP contribution < -0.4 is 5.32 Å². The molecule has 0 aliphatic heterocycles. The summed E-state index contributed by atoms with van der Waals surface area (Å²) in [5.74, 6) is 0.559. The Morgan fingerprint density at radius 2 is 2.14 bits per heavy atom. The third-order valence-electron chi connectivity index (χ3n) is 3.60. The molecule has 1 N–H and O–H groups in total. The van der Waals surface area contributed by atoms with Crippen molar-refractivity contribution >= 4 is 17.4 Å². The average molecular weight is 294 g/mol. The lowest BCUT2D eigenvalue weighted by atomic mass is 10.2. The molecule has 3 aromatic rings. The number of carbonyl (C=O) groups excluding carboxylic acids is 1. The van der Waals surface area contributed by atoms with Crippen LogP contribution in [0.2, 0.25) is 0 Å². The third kappa shape index (κ3) is 2.98. The summed E-state index contributed by atoms with van der Waals surface area (Å²) in [6, 6.07) is 9.65. The SMILES string of the molecule is Cc1ccnc(NC(=O)CCc2c(C)nc3ccccn23)c1. The van der Waals surface area contributed by atoms with Crippen molar-refractivity contribution < 1.29 is 4.79 Å². The number of pyridine rings is 2. The summed E-state index contributed by atoms with van der Waals surface area (Å²) in [4.78, 5) is 20.7. The second kappa shape index (κ2) is 5.97. The topological polar surface area (TPSA) is 59.3 Å². The molecule has 0 bridgehead atoms. The zero-order chi connectivity index (χ0) is 15.5. The summed E-state index contributed by atoms with van der Waals surface area (Å²) >= 11 is 0. The highest BCUT2D eigenvalue weighted by molar-refractivity contribution is 5.89. The smallest absolute Gasteiger partial charge is 0.225 e. The van der Waals surface area contributed by atoms with Gasteiger partial charge >= 0.3 is 0 Å². The number of rotatable bonds is 4. The lowest BCUT2D eigenvalue weighted by molar-refractivity contribution is -0.116. The van der Waals surface area contributed by atoms with E-state index in [0.717, 1.165) is 22.6 Å². The van der Waals surface area contributed by atoms with Crippen LogP contribution in [0.3, 0.4) is 0 Å². The zero-order valence-electron chi connectivity index (χ0n) is 12.7. The van der Waals surface area contributed by atoms with Crippen LogP contribution in [-0.2, 0) is 11.2 Å². The van der Waals surface area contributed by atoms with Gasteiger partial charge in [0.05, 0.1) is 5.69 Å². The van der Waals surface area contributed by atoms with Gasteiger partial charge in [0.1, 0.15) is 11.5 Å². The van der Waals surface area contributed by atoms with Crippen LogP contribution in [0.4, 0.5) is 5.82 Å². The molecule has 22 heavy (non-hydrogen) atoms. The minimum atomic E-state index is -0.0385. The molecule has 5 heteroatoms. The summed E-state index contributed by atoms with van der Waals surface area (Å²) in [5.41, 5.74) is 4.02. The second-order valence-electron chi connectivity index (χ2n) is 5.34. The number of nitrogens with one attached hydrogen (secondary N) is 1. The van der Waals surface area contributed by atoms with E-state index in [1.807, 2.05) is 54.8 Å². The molecule has 0 spiro atoms. The van der Waals surface area contributed by atoms with Crippen LogP contribution in [0.15, 0.2) is 42.7 Å². The molecule has 5 nitrogen and oxygen atoms in total. The molecule has 1 amide bonds. The highest BCUT2D eigenvalue weighted by Crippen LogP contribution is 2.14. The first-order valence-electron chi connectivity index (χ1n) is 7.28. The van der Waals surface area contributed by atoms with Crippen LogP contribution in [-0.4, -0.2) is 20.3 Å². The van der Waals surface area contributed by atoms with Crippen molar-refractivity contribution in [2.75, 3.05) is 5.32 Å². The monoisotopic (exact) mass is 294 g/mol. The van der Waals surface area contributed by atoms with Crippen molar-refractivity contribution in [1.29, 1.82) is 0 Å². The maximum atomic E-state index is 12.1. The van der Waals surface area contributed by atoms with E-state index in [0.29, 0.717) is 18.7 Å². The molecule has 0 unspecified atom stereocenters. The average Bonchev–Trinajstić information content (AvgIpc) is 2.80. The summed E-state index contributed by atoms with van der Waals surface area (Å²) in [6.45, 7) is 3.95. The third-order valence-corrected chi connectivity index (χ3v) is 3.60. The standard InChI is InChI=1S/C17H18N4O/c1-12-8-9-18-15(11-12)20-17(22)7-6-14-13(2)19-16-5-3-4-10-21(14)16/h3-5,8-11H,6-7H2,1-2H3,(H,18,20,22). The fraction of sp³-hybridized carbons (Fsp3) is 0.235. The molecule has 0 aliphatic rings. The number of fused-ring (bicyclic) bond motifs is 1. The molecule has 0 saturated carbocycles. The van der Waals surface area contributed by atoms with E-state index < -0.39 is 0 Å². The zero-order valence-corrected chi connectivity index (χ0v) is 12.7. The van der Waals surface area contributed by atoms with Gasteiger partial charge in [-0.3, -0.25) is 4.79 Å². The predicted molar refractivity (Wildman–Crippen MR) is 85.9 cm³/mol. The van der Waals surface area contributed by atoms with E-state index in [2.05, 4.69) is 15.3 Å². The van der Waals surface area contributed by atoms with Crippen LogP contribution in [0, 0.1) is 13.8 Å². The molecule has 0 radical (unpaired) electrons. The fourth-order valence-electron chi connectivity index (χ4n) is 2.51. The first kappa shape index (κ1) is 14.3. The van der Waals surface area contributed by atoms with Crippen LogP contribution in [0.1, 0.15) is 23.4 Å². The number of anilines is 1. The van der Waals surface area contributed by atoms with Gasteiger partial charge in [0.2, 0.25) is 5.91 Å². The molecule has 0 aliphatic carbocycles. The Kier molecular flexibility index (Phi) is 3.87. The predicted octanol–water partition coefficient (Wildman–Crippen LogP) is 2.92. The molecular formula is C17H18N4O. The van der Waals surface area contributed by atoms with Crippen molar-refractivity contribution in [1.82, 2.24) is 14.4 Å². The van der Waals surface area contributed by atoms with E-state index in [1.54, 1.807) is 6.20 Å². The van der Waals surface area contributed by atoms with Gasteiger partial charge in [-0.2, -0.15) is 0 Å². The Balaban J connectivity index is 1.69. The van der Waals surface area contributed by atoms with Gasteiger partial charge in [-0.15, -0.1) is 0 Å². The van der Waals surface area contributed by atoms with Gasteiger partial charge < -0.3 is 9.72 Å². The van der Waals surface area contributed by atoms with Gasteiger partial charge in [0.15, 0.2) is 0 Å². The maximum Gasteiger partial charge on any atom is 0.225 e. The Bertz CT molecular complexity index is 822. The number of aromatic nitrogens is 3. The minimum absolute atomic E-state index is 0.0385.